The first-order valence-electron chi connectivity index (χ1n) is 7.29. The van der Waals surface area contributed by atoms with Gasteiger partial charge in [0.1, 0.15) is 17.9 Å². The van der Waals surface area contributed by atoms with Crippen molar-refractivity contribution in [1.29, 1.82) is 0 Å². The SMILES string of the molecule is Cc1cc2oc(=O)cc(COc3ccccc3C=O)c2cc1C. The Morgan fingerprint density at radius 2 is 1.83 bits per heavy atom. The minimum absolute atomic E-state index is 0.190. The summed E-state index contributed by atoms with van der Waals surface area (Å²) in [5.41, 5.74) is 3.52. The molecule has 23 heavy (non-hydrogen) atoms. The monoisotopic (exact) mass is 308 g/mol. The fourth-order valence-corrected chi connectivity index (χ4v) is 2.47. The van der Waals surface area contributed by atoms with Crippen molar-refractivity contribution in [1.82, 2.24) is 0 Å². The van der Waals surface area contributed by atoms with Gasteiger partial charge in [0, 0.05) is 17.0 Å². The number of ether oxygens (including phenoxy) is 1. The first-order chi connectivity index (χ1) is 11.1. The normalized spacial score (nSPS) is 10.7. The van der Waals surface area contributed by atoms with Crippen LogP contribution in [-0.2, 0) is 6.61 Å². The molecule has 0 fully saturated rings. The number of aryl methyl sites for hydroxylation is 2. The van der Waals surface area contributed by atoms with Gasteiger partial charge in [-0.2, -0.15) is 0 Å². The van der Waals surface area contributed by atoms with Crippen molar-refractivity contribution in [3.8, 4) is 5.75 Å². The summed E-state index contributed by atoms with van der Waals surface area (Å²) in [5, 5.41) is 0.844. The second kappa shape index (κ2) is 6.08. The molecule has 1 aromatic heterocycles. The standard InChI is InChI=1S/C19H16O4/c1-12-7-16-15(9-19(21)23-18(16)8-13(12)2)11-22-17-6-4-3-5-14(17)10-20/h3-10H,11H2,1-2H3. The first-order valence-corrected chi connectivity index (χ1v) is 7.29. The molecule has 0 spiro atoms. The zero-order chi connectivity index (χ0) is 16.4. The van der Waals surface area contributed by atoms with Crippen molar-refractivity contribution in [3.05, 3.63) is 75.1 Å². The maximum atomic E-state index is 11.8. The summed E-state index contributed by atoms with van der Waals surface area (Å²) in [7, 11) is 0. The Kier molecular flexibility index (Phi) is 3.98. The summed E-state index contributed by atoms with van der Waals surface area (Å²) < 4.78 is 11.0. The van der Waals surface area contributed by atoms with Crippen LogP contribution in [0.2, 0.25) is 0 Å². The Bertz CT molecular complexity index is 938. The topological polar surface area (TPSA) is 56.5 Å². The number of benzene rings is 2. The summed E-state index contributed by atoms with van der Waals surface area (Å²) in [4.78, 5) is 22.8. The van der Waals surface area contributed by atoms with Crippen LogP contribution in [0, 0.1) is 13.8 Å². The van der Waals surface area contributed by atoms with E-state index in [2.05, 4.69) is 0 Å². The third-order valence-electron chi connectivity index (χ3n) is 3.87. The Morgan fingerprint density at radius 3 is 2.61 bits per heavy atom. The van der Waals surface area contributed by atoms with Crippen LogP contribution in [0.1, 0.15) is 27.0 Å². The van der Waals surface area contributed by atoms with E-state index in [-0.39, 0.29) is 6.61 Å². The van der Waals surface area contributed by atoms with Crippen molar-refractivity contribution in [2.75, 3.05) is 0 Å². The molecule has 0 unspecified atom stereocenters. The van der Waals surface area contributed by atoms with E-state index < -0.39 is 5.63 Å². The predicted octanol–water partition coefficient (Wildman–Crippen LogP) is 3.80. The highest BCUT2D eigenvalue weighted by atomic mass is 16.5. The molecule has 0 aliphatic carbocycles. The van der Waals surface area contributed by atoms with E-state index in [0.717, 1.165) is 28.4 Å². The Hall–Kier alpha value is -2.88. The Morgan fingerprint density at radius 1 is 1.09 bits per heavy atom. The molecule has 0 aliphatic rings. The van der Waals surface area contributed by atoms with E-state index in [1.165, 1.54) is 6.07 Å². The van der Waals surface area contributed by atoms with E-state index in [9.17, 15) is 9.59 Å². The molecule has 3 aromatic rings. The van der Waals surface area contributed by atoms with Gasteiger partial charge in [-0.05, 0) is 49.2 Å². The van der Waals surface area contributed by atoms with Gasteiger partial charge in [0.25, 0.3) is 0 Å². The first kappa shape index (κ1) is 15.0. The summed E-state index contributed by atoms with van der Waals surface area (Å²) in [5.74, 6) is 0.493. The van der Waals surface area contributed by atoms with Crippen LogP contribution in [0.4, 0.5) is 0 Å². The fourth-order valence-electron chi connectivity index (χ4n) is 2.47. The van der Waals surface area contributed by atoms with Crippen molar-refractivity contribution in [3.63, 3.8) is 0 Å². The van der Waals surface area contributed by atoms with Crippen molar-refractivity contribution < 1.29 is 13.9 Å². The molecule has 0 atom stereocenters. The number of aldehydes is 1. The van der Waals surface area contributed by atoms with Crippen LogP contribution < -0.4 is 10.4 Å². The van der Waals surface area contributed by atoms with E-state index in [1.807, 2.05) is 26.0 Å². The molecule has 0 saturated carbocycles. The van der Waals surface area contributed by atoms with E-state index in [4.69, 9.17) is 9.15 Å². The van der Waals surface area contributed by atoms with Crippen LogP contribution in [0.5, 0.6) is 5.75 Å². The van der Waals surface area contributed by atoms with Crippen LogP contribution in [0.25, 0.3) is 11.0 Å². The molecule has 0 bridgehead atoms. The molecule has 0 N–H and O–H groups in total. The van der Waals surface area contributed by atoms with Gasteiger partial charge in [0.05, 0.1) is 5.56 Å². The van der Waals surface area contributed by atoms with Gasteiger partial charge in [-0.15, -0.1) is 0 Å². The highest BCUT2D eigenvalue weighted by Gasteiger charge is 2.09. The summed E-state index contributed by atoms with van der Waals surface area (Å²) >= 11 is 0. The largest absolute Gasteiger partial charge is 0.488 e. The molecular weight excluding hydrogens is 292 g/mol. The quantitative estimate of drug-likeness (QED) is 0.543. The molecule has 4 heteroatoms. The van der Waals surface area contributed by atoms with Crippen molar-refractivity contribution >= 4 is 17.3 Å². The maximum absolute atomic E-state index is 11.8. The number of para-hydroxylation sites is 1. The lowest BCUT2D eigenvalue weighted by molar-refractivity contribution is 0.111. The third kappa shape index (κ3) is 3.01. The van der Waals surface area contributed by atoms with Crippen LogP contribution in [-0.4, -0.2) is 6.29 Å². The molecule has 3 rings (SSSR count). The highest BCUT2D eigenvalue weighted by molar-refractivity contribution is 5.82. The fraction of sp³-hybridized carbons (Fsp3) is 0.158. The number of fused-ring (bicyclic) bond motifs is 1. The zero-order valence-corrected chi connectivity index (χ0v) is 13.0. The number of hydrogen-bond acceptors (Lipinski definition) is 4. The van der Waals surface area contributed by atoms with Crippen molar-refractivity contribution in [2.45, 2.75) is 20.5 Å². The molecule has 0 aliphatic heterocycles. The minimum Gasteiger partial charge on any atom is -0.488 e. The highest BCUT2D eigenvalue weighted by Crippen LogP contribution is 2.23. The summed E-state index contributed by atoms with van der Waals surface area (Å²) in [6.07, 6.45) is 0.750. The molecule has 116 valence electrons. The van der Waals surface area contributed by atoms with Crippen LogP contribution in [0.15, 0.2) is 51.7 Å². The molecule has 4 nitrogen and oxygen atoms in total. The second-order valence-corrected chi connectivity index (χ2v) is 5.47. The van der Waals surface area contributed by atoms with Crippen LogP contribution >= 0.6 is 0 Å². The molecule has 0 saturated heterocycles. The smallest absolute Gasteiger partial charge is 0.336 e. The minimum atomic E-state index is -0.414. The molecule has 2 aromatic carbocycles. The Balaban J connectivity index is 2.01. The average molecular weight is 308 g/mol. The Labute approximate surface area is 133 Å². The average Bonchev–Trinajstić information content (AvgIpc) is 2.54. The number of carbonyl (C=O) groups is 1. The van der Waals surface area contributed by atoms with Gasteiger partial charge in [-0.25, -0.2) is 4.79 Å². The maximum Gasteiger partial charge on any atom is 0.336 e. The lowest BCUT2D eigenvalue weighted by Gasteiger charge is -2.11. The predicted molar refractivity (Wildman–Crippen MR) is 88.1 cm³/mol. The lowest BCUT2D eigenvalue weighted by atomic mass is 10.0. The molecule has 0 amide bonds. The molecule has 0 radical (unpaired) electrons. The van der Waals surface area contributed by atoms with Gasteiger partial charge in [-0.1, -0.05) is 12.1 Å². The van der Waals surface area contributed by atoms with Gasteiger partial charge in [-0.3, -0.25) is 4.79 Å². The van der Waals surface area contributed by atoms with Crippen LogP contribution in [0.3, 0.4) is 0 Å². The lowest BCUT2D eigenvalue weighted by Crippen LogP contribution is -2.05. The van der Waals surface area contributed by atoms with Gasteiger partial charge in [0.2, 0.25) is 0 Å². The van der Waals surface area contributed by atoms with Gasteiger partial charge >= 0.3 is 5.63 Å². The van der Waals surface area contributed by atoms with Gasteiger partial charge < -0.3 is 9.15 Å². The summed E-state index contributed by atoms with van der Waals surface area (Å²) in [6.45, 7) is 4.17. The van der Waals surface area contributed by atoms with Crippen molar-refractivity contribution in [2.24, 2.45) is 0 Å². The number of hydrogen-bond donors (Lipinski definition) is 0. The summed E-state index contributed by atoms with van der Waals surface area (Å²) in [6, 6.07) is 12.3. The van der Waals surface area contributed by atoms with E-state index in [0.29, 0.717) is 16.9 Å². The van der Waals surface area contributed by atoms with E-state index >= 15 is 0 Å². The molecular formula is C19H16O4. The van der Waals surface area contributed by atoms with Gasteiger partial charge in [0.15, 0.2) is 6.29 Å². The number of rotatable bonds is 4. The molecule has 1 heterocycles. The number of carbonyl (C=O) groups excluding carboxylic acids is 1. The van der Waals surface area contributed by atoms with E-state index in [1.54, 1.807) is 24.3 Å². The zero-order valence-electron chi connectivity index (χ0n) is 13.0. The third-order valence-corrected chi connectivity index (χ3v) is 3.87. The second-order valence-electron chi connectivity index (χ2n) is 5.47.